The van der Waals surface area contributed by atoms with Crippen LogP contribution in [0, 0.1) is 0 Å². The summed E-state index contributed by atoms with van der Waals surface area (Å²) in [6.07, 6.45) is -5.03. The van der Waals surface area contributed by atoms with Gasteiger partial charge in [-0.05, 0) is 18.1 Å². The van der Waals surface area contributed by atoms with E-state index in [1.807, 2.05) is 60.7 Å². The van der Waals surface area contributed by atoms with E-state index in [1.54, 1.807) is 0 Å². The predicted octanol–water partition coefficient (Wildman–Crippen LogP) is 1.96. The van der Waals surface area contributed by atoms with Crippen LogP contribution in [0.3, 0.4) is 0 Å². The molecule has 2 N–H and O–H groups in total. The predicted molar refractivity (Wildman–Crippen MR) is 126 cm³/mol. The number of amides is 1. The van der Waals surface area contributed by atoms with E-state index in [2.05, 4.69) is 5.32 Å². The zero-order chi connectivity index (χ0) is 25.2. The fraction of sp³-hybridized carbons (Fsp3) is 0.462. The van der Waals surface area contributed by atoms with Gasteiger partial charge in [-0.15, -0.1) is 0 Å². The van der Waals surface area contributed by atoms with Crippen LogP contribution < -0.4 is 5.32 Å². The second-order valence-electron chi connectivity index (χ2n) is 8.32. The van der Waals surface area contributed by atoms with Crippen LogP contribution in [0.1, 0.15) is 25.0 Å². The molecular formula is C26H33NO8. The summed E-state index contributed by atoms with van der Waals surface area (Å²) < 4.78 is 28.5. The molecule has 0 aromatic heterocycles. The van der Waals surface area contributed by atoms with Crippen LogP contribution in [0.5, 0.6) is 0 Å². The standard InChI is InChI=1S/C26H33NO8/c1-17(25(30)31-3)34-24-22(27-18(2)28)26(33-15-20-12-8-5-9-13-20)35-21(23(24)29)16-32-14-19-10-6-4-7-11-19/h4-13,17,21-24,26,29H,14-16H2,1-3H3,(H,27,28)/t17-,21-,22-,23-,24-,26+/m1/s1. The zero-order valence-corrected chi connectivity index (χ0v) is 20.2. The maximum absolute atomic E-state index is 12.0. The summed E-state index contributed by atoms with van der Waals surface area (Å²) in [4.78, 5) is 24.0. The van der Waals surface area contributed by atoms with E-state index in [1.165, 1.54) is 21.0 Å². The molecule has 0 aliphatic carbocycles. The van der Waals surface area contributed by atoms with Crippen molar-refractivity contribution in [3.05, 3.63) is 71.8 Å². The number of rotatable bonds is 11. The van der Waals surface area contributed by atoms with Crippen LogP contribution >= 0.6 is 0 Å². The van der Waals surface area contributed by atoms with Gasteiger partial charge in [0.05, 0.1) is 26.9 Å². The largest absolute Gasteiger partial charge is 0.467 e. The van der Waals surface area contributed by atoms with Gasteiger partial charge in [0.15, 0.2) is 12.4 Å². The highest BCUT2D eigenvalue weighted by atomic mass is 16.7. The lowest BCUT2D eigenvalue weighted by Crippen LogP contribution is -2.66. The van der Waals surface area contributed by atoms with Gasteiger partial charge in [0.1, 0.15) is 24.4 Å². The topological polar surface area (TPSA) is 113 Å². The molecule has 1 aliphatic rings. The molecule has 9 nitrogen and oxygen atoms in total. The summed E-state index contributed by atoms with van der Waals surface area (Å²) in [5.74, 6) is -0.971. The summed E-state index contributed by atoms with van der Waals surface area (Å²) in [6.45, 7) is 3.42. The average Bonchev–Trinajstić information content (AvgIpc) is 2.87. The molecule has 1 fully saturated rings. The molecule has 190 valence electrons. The van der Waals surface area contributed by atoms with Gasteiger partial charge in [0, 0.05) is 6.92 Å². The van der Waals surface area contributed by atoms with Crippen LogP contribution in [0.4, 0.5) is 0 Å². The quantitative estimate of drug-likeness (QED) is 0.463. The maximum Gasteiger partial charge on any atom is 0.334 e. The van der Waals surface area contributed by atoms with Gasteiger partial charge in [-0.2, -0.15) is 0 Å². The summed E-state index contributed by atoms with van der Waals surface area (Å²) in [5, 5.41) is 13.9. The van der Waals surface area contributed by atoms with Crippen molar-refractivity contribution in [2.45, 2.75) is 63.8 Å². The molecule has 9 heteroatoms. The third-order valence-electron chi connectivity index (χ3n) is 5.59. The van der Waals surface area contributed by atoms with E-state index in [0.717, 1.165) is 11.1 Å². The summed E-state index contributed by atoms with van der Waals surface area (Å²) >= 11 is 0. The van der Waals surface area contributed by atoms with Crippen LogP contribution in [-0.4, -0.2) is 67.4 Å². The Bertz CT molecular complexity index is 925. The average molecular weight is 488 g/mol. The van der Waals surface area contributed by atoms with Crippen LogP contribution in [0.2, 0.25) is 0 Å². The molecule has 0 unspecified atom stereocenters. The molecule has 6 atom stereocenters. The Hall–Kier alpha value is -2.82. The van der Waals surface area contributed by atoms with Gasteiger partial charge >= 0.3 is 5.97 Å². The third kappa shape index (κ3) is 7.84. The lowest BCUT2D eigenvalue weighted by Gasteiger charge is -2.45. The van der Waals surface area contributed by atoms with Gasteiger partial charge in [0.2, 0.25) is 5.91 Å². The Balaban J connectivity index is 1.78. The minimum Gasteiger partial charge on any atom is -0.467 e. The highest BCUT2D eigenvalue weighted by Crippen LogP contribution is 2.27. The van der Waals surface area contributed by atoms with Gasteiger partial charge in [-0.1, -0.05) is 60.7 Å². The van der Waals surface area contributed by atoms with E-state index >= 15 is 0 Å². The van der Waals surface area contributed by atoms with Gasteiger partial charge in [0.25, 0.3) is 0 Å². The molecule has 0 saturated carbocycles. The van der Waals surface area contributed by atoms with Crippen molar-refractivity contribution in [3.8, 4) is 0 Å². The number of aliphatic hydroxyl groups excluding tert-OH is 1. The third-order valence-corrected chi connectivity index (χ3v) is 5.59. The first-order chi connectivity index (χ1) is 16.9. The Labute approximate surface area is 205 Å². The molecule has 0 radical (unpaired) electrons. The van der Waals surface area contributed by atoms with Crippen molar-refractivity contribution in [3.63, 3.8) is 0 Å². The number of carbonyl (C=O) groups excluding carboxylic acids is 2. The van der Waals surface area contributed by atoms with Crippen LogP contribution in [0.15, 0.2) is 60.7 Å². The Kier molecular flexibility index (Phi) is 10.2. The van der Waals surface area contributed by atoms with E-state index in [4.69, 9.17) is 23.7 Å². The fourth-order valence-corrected chi connectivity index (χ4v) is 3.82. The lowest BCUT2D eigenvalue weighted by atomic mass is 9.96. The highest BCUT2D eigenvalue weighted by molar-refractivity contribution is 5.74. The monoisotopic (exact) mass is 487 g/mol. The second-order valence-corrected chi connectivity index (χ2v) is 8.32. The second kappa shape index (κ2) is 13.3. The zero-order valence-electron chi connectivity index (χ0n) is 20.2. The molecule has 1 saturated heterocycles. The molecule has 1 heterocycles. The molecule has 2 aromatic rings. The highest BCUT2D eigenvalue weighted by Gasteiger charge is 2.48. The molecule has 1 amide bonds. The van der Waals surface area contributed by atoms with Gasteiger partial charge < -0.3 is 34.1 Å². The fourth-order valence-electron chi connectivity index (χ4n) is 3.82. The van der Waals surface area contributed by atoms with E-state index in [0.29, 0.717) is 6.61 Å². The molecule has 35 heavy (non-hydrogen) atoms. The van der Waals surface area contributed by atoms with Crippen molar-refractivity contribution in [2.24, 2.45) is 0 Å². The Morgan fingerprint density at radius 1 is 1.03 bits per heavy atom. The van der Waals surface area contributed by atoms with E-state index < -0.39 is 42.7 Å². The van der Waals surface area contributed by atoms with Crippen molar-refractivity contribution >= 4 is 11.9 Å². The number of nitrogens with one attached hydrogen (secondary N) is 1. The SMILES string of the molecule is COC(=O)[C@@H](C)O[C@H]1[C@H](O)[C@@H](COCc2ccccc2)O[C@H](OCc2ccccc2)[C@@H]1NC(C)=O. The number of benzene rings is 2. The van der Waals surface area contributed by atoms with E-state index in [-0.39, 0.29) is 19.1 Å². The maximum atomic E-state index is 12.0. The molecule has 3 rings (SSSR count). The van der Waals surface area contributed by atoms with E-state index in [9.17, 15) is 14.7 Å². The normalized spacial score (nSPS) is 25.0. The lowest BCUT2D eigenvalue weighted by molar-refractivity contribution is -0.286. The number of methoxy groups -OCH3 is 1. The number of hydrogen-bond donors (Lipinski definition) is 2. The number of esters is 1. The molecule has 0 bridgehead atoms. The molecular weight excluding hydrogens is 454 g/mol. The number of carbonyl (C=O) groups is 2. The van der Waals surface area contributed by atoms with Crippen molar-refractivity contribution in [2.75, 3.05) is 13.7 Å². The van der Waals surface area contributed by atoms with Crippen molar-refractivity contribution in [1.82, 2.24) is 5.32 Å². The first kappa shape index (κ1) is 26.8. The summed E-state index contributed by atoms with van der Waals surface area (Å²) in [7, 11) is 1.25. The minimum atomic E-state index is -1.22. The summed E-state index contributed by atoms with van der Waals surface area (Å²) in [5.41, 5.74) is 1.87. The number of ether oxygens (including phenoxy) is 5. The van der Waals surface area contributed by atoms with Gasteiger partial charge in [-0.25, -0.2) is 4.79 Å². The number of hydrogen-bond acceptors (Lipinski definition) is 8. The Morgan fingerprint density at radius 2 is 1.63 bits per heavy atom. The smallest absolute Gasteiger partial charge is 0.334 e. The molecule has 1 aliphatic heterocycles. The van der Waals surface area contributed by atoms with Crippen LogP contribution in [-0.2, 0) is 46.5 Å². The van der Waals surface area contributed by atoms with Gasteiger partial charge in [-0.3, -0.25) is 4.79 Å². The number of aliphatic hydroxyl groups is 1. The Morgan fingerprint density at radius 3 is 2.20 bits per heavy atom. The van der Waals surface area contributed by atoms with Crippen LogP contribution in [0.25, 0.3) is 0 Å². The van der Waals surface area contributed by atoms with Crippen molar-refractivity contribution < 1.29 is 38.4 Å². The van der Waals surface area contributed by atoms with Crippen molar-refractivity contribution in [1.29, 1.82) is 0 Å². The molecule has 2 aromatic carbocycles. The summed E-state index contributed by atoms with van der Waals surface area (Å²) in [6, 6.07) is 18.2. The molecule has 0 spiro atoms. The minimum absolute atomic E-state index is 0.0422. The first-order valence-electron chi connectivity index (χ1n) is 11.5. The first-order valence-corrected chi connectivity index (χ1v) is 11.5.